The summed E-state index contributed by atoms with van der Waals surface area (Å²) in [6, 6.07) is 13.6. The van der Waals surface area contributed by atoms with Crippen LogP contribution in [0, 0.1) is 0 Å². The summed E-state index contributed by atoms with van der Waals surface area (Å²) in [6.07, 6.45) is 7.31. The molecule has 0 aliphatic heterocycles. The molecule has 170 valence electrons. The molecule has 0 saturated heterocycles. The highest BCUT2D eigenvalue weighted by atomic mass is 127. The van der Waals surface area contributed by atoms with Crippen molar-refractivity contribution in [2.24, 2.45) is 0 Å². The van der Waals surface area contributed by atoms with Gasteiger partial charge in [-0.05, 0) is 49.9 Å². The Kier molecular flexibility index (Phi) is 11.2. The van der Waals surface area contributed by atoms with Crippen LogP contribution >= 0.6 is 11.3 Å². The SMILES string of the molecule is CCCCN(CCCC)c1ccc2nc3ccc(N(CCC)CCC)cc3[s+]c2c1.[I-]. The van der Waals surface area contributed by atoms with E-state index in [0.29, 0.717) is 0 Å². The minimum atomic E-state index is 0. The van der Waals surface area contributed by atoms with Crippen LogP contribution in [-0.4, -0.2) is 31.2 Å². The molecule has 0 atom stereocenters. The third-order valence-electron chi connectivity index (χ3n) is 5.63. The molecule has 2 aromatic carbocycles. The molecular weight excluding hydrogens is 513 g/mol. The summed E-state index contributed by atoms with van der Waals surface area (Å²) in [7, 11) is 0. The van der Waals surface area contributed by atoms with Crippen molar-refractivity contribution >= 4 is 43.1 Å². The van der Waals surface area contributed by atoms with Crippen molar-refractivity contribution in [1.82, 2.24) is 4.98 Å². The second-order valence-electron chi connectivity index (χ2n) is 8.20. The maximum Gasteiger partial charge on any atom is 0.259 e. The van der Waals surface area contributed by atoms with Gasteiger partial charge in [0.1, 0.15) is 11.0 Å². The summed E-state index contributed by atoms with van der Waals surface area (Å²) in [5, 5.41) is 0. The monoisotopic (exact) mass is 551 g/mol. The highest BCUT2D eigenvalue weighted by Crippen LogP contribution is 2.32. The Hall–Kier alpha value is -1.21. The predicted octanol–water partition coefficient (Wildman–Crippen LogP) is 4.77. The minimum Gasteiger partial charge on any atom is -1.00 e. The molecule has 1 heterocycles. The smallest absolute Gasteiger partial charge is 0.259 e. The van der Waals surface area contributed by atoms with Crippen molar-refractivity contribution in [1.29, 1.82) is 0 Å². The number of aromatic nitrogens is 1. The van der Waals surface area contributed by atoms with Gasteiger partial charge in [0, 0.05) is 49.7 Å². The minimum absolute atomic E-state index is 0. The number of nitrogens with zero attached hydrogens (tertiary/aromatic N) is 3. The van der Waals surface area contributed by atoms with Crippen LogP contribution in [0.25, 0.3) is 20.4 Å². The van der Waals surface area contributed by atoms with E-state index in [2.05, 4.69) is 73.9 Å². The molecule has 0 aliphatic carbocycles. The molecule has 3 nitrogen and oxygen atoms in total. The fourth-order valence-electron chi connectivity index (χ4n) is 3.97. The molecule has 0 bridgehead atoms. The fourth-order valence-corrected chi connectivity index (χ4v) is 5.01. The number of halogens is 1. The van der Waals surface area contributed by atoms with Crippen molar-refractivity contribution in [2.75, 3.05) is 36.0 Å². The van der Waals surface area contributed by atoms with E-state index < -0.39 is 0 Å². The zero-order valence-corrected chi connectivity index (χ0v) is 22.6. The molecule has 5 heteroatoms. The van der Waals surface area contributed by atoms with Crippen LogP contribution < -0.4 is 33.8 Å². The molecule has 0 N–H and O–H groups in total. The predicted molar refractivity (Wildman–Crippen MR) is 136 cm³/mol. The average molecular weight is 552 g/mol. The van der Waals surface area contributed by atoms with Crippen LogP contribution in [0.4, 0.5) is 11.4 Å². The van der Waals surface area contributed by atoms with Crippen LogP contribution in [-0.2, 0) is 0 Å². The van der Waals surface area contributed by atoms with Gasteiger partial charge in [0.25, 0.3) is 9.40 Å². The first-order chi connectivity index (χ1) is 14.7. The normalized spacial score (nSPS) is 11.0. The largest absolute Gasteiger partial charge is 1.00 e. The molecule has 3 rings (SSSR count). The highest BCUT2D eigenvalue weighted by molar-refractivity contribution is 7.24. The second-order valence-corrected chi connectivity index (χ2v) is 9.28. The van der Waals surface area contributed by atoms with E-state index in [1.807, 2.05) is 11.3 Å². The number of hydrogen-bond donors (Lipinski definition) is 0. The van der Waals surface area contributed by atoms with Crippen molar-refractivity contribution < 1.29 is 24.0 Å². The van der Waals surface area contributed by atoms with E-state index in [4.69, 9.17) is 4.98 Å². The average Bonchev–Trinajstić information content (AvgIpc) is 2.77. The molecule has 0 saturated carbocycles. The molecule has 3 aromatic rings. The zero-order valence-electron chi connectivity index (χ0n) is 19.7. The van der Waals surface area contributed by atoms with Gasteiger partial charge in [-0.3, -0.25) is 0 Å². The third kappa shape index (κ3) is 6.88. The second kappa shape index (κ2) is 13.4. The summed E-state index contributed by atoms with van der Waals surface area (Å²) in [5.41, 5.74) is 4.88. The van der Waals surface area contributed by atoms with E-state index in [0.717, 1.165) is 37.2 Å². The summed E-state index contributed by atoms with van der Waals surface area (Å²) in [4.78, 5) is 10.0. The van der Waals surface area contributed by atoms with E-state index in [-0.39, 0.29) is 24.0 Å². The van der Waals surface area contributed by atoms with E-state index in [9.17, 15) is 0 Å². The van der Waals surface area contributed by atoms with Crippen LogP contribution in [0.2, 0.25) is 0 Å². The molecule has 0 unspecified atom stereocenters. The van der Waals surface area contributed by atoms with Gasteiger partial charge in [-0.15, -0.1) is 0 Å². The Morgan fingerprint density at radius 3 is 1.52 bits per heavy atom. The van der Waals surface area contributed by atoms with Crippen molar-refractivity contribution in [3.05, 3.63) is 36.4 Å². The standard InChI is InChI=1S/C26H38N3S.HI/c1-5-9-17-29(18-10-6-2)22-12-14-24-26(20-22)30-25-19-21(11-13-23(25)27-24)28(15-7-3)16-8-4;/h11-14,19-20H,5-10,15-18H2,1-4H3;1H/q+1;/p-1. The Balaban J connectivity index is 0.00000341. The Morgan fingerprint density at radius 2 is 1.10 bits per heavy atom. The number of unbranched alkanes of at least 4 members (excludes halogenated alkanes) is 2. The Labute approximate surface area is 209 Å². The topological polar surface area (TPSA) is 19.4 Å². The first kappa shape index (κ1) is 26.0. The molecule has 31 heavy (non-hydrogen) atoms. The van der Waals surface area contributed by atoms with Gasteiger partial charge in [-0.25, -0.2) is 4.98 Å². The van der Waals surface area contributed by atoms with E-state index >= 15 is 0 Å². The number of benzene rings is 2. The molecule has 0 spiro atoms. The lowest BCUT2D eigenvalue weighted by Gasteiger charge is -2.24. The summed E-state index contributed by atoms with van der Waals surface area (Å²) in [6.45, 7) is 13.6. The van der Waals surface area contributed by atoms with Crippen LogP contribution in [0.5, 0.6) is 0 Å². The molecule has 0 fully saturated rings. The van der Waals surface area contributed by atoms with Crippen molar-refractivity contribution in [3.8, 4) is 0 Å². The van der Waals surface area contributed by atoms with Gasteiger partial charge in [0.05, 0.1) is 0 Å². The van der Waals surface area contributed by atoms with Gasteiger partial charge in [-0.2, -0.15) is 0 Å². The Morgan fingerprint density at radius 1 is 0.645 bits per heavy atom. The lowest BCUT2D eigenvalue weighted by Crippen LogP contribution is -3.00. The maximum atomic E-state index is 4.97. The number of anilines is 2. The van der Waals surface area contributed by atoms with E-state index in [1.165, 1.54) is 59.3 Å². The van der Waals surface area contributed by atoms with Crippen LogP contribution in [0.15, 0.2) is 36.4 Å². The van der Waals surface area contributed by atoms with Crippen molar-refractivity contribution in [2.45, 2.75) is 66.2 Å². The molecular formula is C26H38IN3S. The lowest BCUT2D eigenvalue weighted by atomic mass is 10.2. The molecule has 0 aliphatic rings. The van der Waals surface area contributed by atoms with Gasteiger partial charge >= 0.3 is 0 Å². The number of hydrogen-bond acceptors (Lipinski definition) is 3. The third-order valence-corrected chi connectivity index (χ3v) is 6.72. The van der Waals surface area contributed by atoms with Crippen LogP contribution in [0.3, 0.4) is 0 Å². The molecule has 0 radical (unpaired) electrons. The van der Waals surface area contributed by atoms with Gasteiger partial charge in [0.15, 0.2) is 0 Å². The zero-order chi connectivity index (χ0) is 21.3. The lowest BCUT2D eigenvalue weighted by molar-refractivity contribution is -0.00000625. The van der Waals surface area contributed by atoms with E-state index in [1.54, 1.807) is 0 Å². The first-order valence-electron chi connectivity index (χ1n) is 11.9. The quantitative estimate of drug-likeness (QED) is 0.184. The molecule has 0 amide bonds. The molecule has 1 aromatic heterocycles. The van der Waals surface area contributed by atoms with Gasteiger partial charge in [0.2, 0.25) is 11.3 Å². The first-order valence-corrected chi connectivity index (χ1v) is 12.7. The summed E-state index contributed by atoms with van der Waals surface area (Å²) >= 11 is 1.88. The van der Waals surface area contributed by atoms with Crippen molar-refractivity contribution in [3.63, 3.8) is 0 Å². The van der Waals surface area contributed by atoms with Crippen LogP contribution in [0.1, 0.15) is 66.2 Å². The maximum absolute atomic E-state index is 4.97. The summed E-state index contributed by atoms with van der Waals surface area (Å²) < 4.78 is 2.57. The van der Waals surface area contributed by atoms with Gasteiger partial charge < -0.3 is 33.8 Å². The number of fused-ring (bicyclic) bond motifs is 2. The van der Waals surface area contributed by atoms with Gasteiger partial charge in [-0.1, -0.05) is 40.5 Å². The fraction of sp³-hybridized carbons (Fsp3) is 0.538. The number of rotatable bonds is 12. The summed E-state index contributed by atoms with van der Waals surface area (Å²) in [5.74, 6) is 0. The highest BCUT2D eigenvalue weighted by Gasteiger charge is 2.17. The Bertz CT molecular complexity index is 932.